The van der Waals surface area contributed by atoms with Crippen molar-refractivity contribution in [3.05, 3.63) is 67.0 Å². The SMILES string of the molecule is O=C(O)C1CC1CNc1cc(-c2ccnc(Nc3ccccc3)c2)ccn1. The van der Waals surface area contributed by atoms with E-state index >= 15 is 0 Å². The number of carboxylic acids is 1. The molecule has 1 aliphatic carbocycles. The standard InChI is InChI=1S/C21H20N4O2/c26-21(27)18-10-16(18)13-24-19-11-14(6-8-22-19)15-7-9-23-20(12-15)25-17-4-2-1-3-5-17/h1-9,11-12,16,18H,10,13H2,(H,22,24)(H,23,25)(H,26,27). The van der Waals surface area contributed by atoms with Crippen molar-refractivity contribution in [2.24, 2.45) is 11.8 Å². The van der Waals surface area contributed by atoms with Gasteiger partial charge >= 0.3 is 5.97 Å². The summed E-state index contributed by atoms with van der Waals surface area (Å²) in [7, 11) is 0. The van der Waals surface area contributed by atoms with Crippen LogP contribution >= 0.6 is 0 Å². The number of nitrogens with one attached hydrogen (secondary N) is 2. The van der Waals surface area contributed by atoms with Crippen molar-refractivity contribution in [1.29, 1.82) is 0 Å². The third-order valence-corrected chi connectivity index (χ3v) is 4.68. The van der Waals surface area contributed by atoms with Crippen molar-refractivity contribution in [3.63, 3.8) is 0 Å². The van der Waals surface area contributed by atoms with E-state index in [1.807, 2.05) is 54.6 Å². The van der Waals surface area contributed by atoms with Gasteiger partial charge in [0.05, 0.1) is 5.92 Å². The molecule has 0 spiro atoms. The van der Waals surface area contributed by atoms with E-state index in [-0.39, 0.29) is 11.8 Å². The molecule has 3 N–H and O–H groups in total. The summed E-state index contributed by atoms with van der Waals surface area (Å²) in [6.07, 6.45) is 4.26. The van der Waals surface area contributed by atoms with Crippen LogP contribution in [0.4, 0.5) is 17.3 Å². The highest BCUT2D eigenvalue weighted by Crippen LogP contribution is 2.38. The second kappa shape index (κ2) is 7.45. The monoisotopic (exact) mass is 360 g/mol. The van der Waals surface area contributed by atoms with E-state index in [1.165, 1.54) is 0 Å². The molecule has 0 saturated heterocycles. The minimum atomic E-state index is -0.709. The zero-order valence-corrected chi connectivity index (χ0v) is 14.7. The van der Waals surface area contributed by atoms with Crippen molar-refractivity contribution in [2.75, 3.05) is 17.2 Å². The largest absolute Gasteiger partial charge is 0.481 e. The number of pyridine rings is 2. The normalized spacial score (nSPS) is 17.9. The molecule has 6 nitrogen and oxygen atoms in total. The Hall–Kier alpha value is -3.41. The number of para-hydroxylation sites is 1. The molecule has 0 aliphatic heterocycles. The molecule has 6 heteroatoms. The van der Waals surface area contributed by atoms with E-state index in [0.717, 1.165) is 34.9 Å². The summed E-state index contributed by atoms with van der Waals surface area (Å²) in [5.41, 5.74) is 3.04. The molecule has 1 saturated carbocycles. The Morgan fingerprint density at radius 2 is 1.67 bits per heavy atom. The molecule has 1 aliphatic rings. The zero-order valence-electron chi connectivity index (χ0n) is 14.7. The van der Waals surface area contributed by atoms with Gasteiger partial charge < -0.3 is 15.7 Å². The summed E-state index contributed by atoms with van der Waals surface area (Å²) in [6, 6.07) is 17.8. The van der Waals surface area contributed by atoms with Crippen molar-refractivity contribution >= 4 is 23.3 Å². The fourth-order valence-electron chi connectivity index (χ4n) is 3.07. The van der Waals surface area contributed by atoms with Gasteiger partial charge in [-0.3, -0.25) is 4.79 Å². The Morgan fingerprint density at radius 1 is 1.00 bits per heavy atom. The molecule has 2 atom stereocenters. The molecule has 4 rings (SSSR count). The first-order valence-corrected chi connectivity index (χ1v) is 8.90. The molecule has 1 aromatic carbocycles. The van der Waals surface area contributed by atoms with E-state index in [2.05, 4.69) is 20.6 Å². The van der Waals surface area contributed by atoms with Crippen molar-refractivity contribution in [2.45, 2.75) is 6.42 Å². The van der Waals surface area contributed by atoms with Crippen molar-refractivity contribution in [3.8, 4) is 11.1 Å². The number of benzene rings is 1. The number of nitrogens with zero attached hydrogens (tertiary/aromatic N) is 2. The highest BCUT2D eigenvalue weighted by Gasteiger charge is 2.42. The van der Waals surface area contributed by atoms with E-state index < -0.39 is 5.97 Å². The second-order valence-corrected chi connectivity index (χ2v) is 6.67. The van der Waals surface area contributed by atoms with Gasteiger partial charge in [-0.25, -0.2) is 9.97 Å². The van der Waals surface area contributed by atoms with Gasteiger partial charge in [-0.05, 0) is 59.9 Å². The second-order valence-electron chi connectivity index (χ2n) is 6.67. The predicted octanol–water partition coefficient (Wildman–Crippen LogP) is 4.02. The maximum Gasteiger partial charge on any atom is 0.306 e. The molecule has 3 aromatic rings. The molecular formula is C21H20N4O2. The molecule has 136 valence electrons. The van der Waals surface area contributed by atoms with Crippen LogP contribution in [0, 0.1) is 11.8 Å². The lowest BCUT2D eigenvalue weighted by Crippen LogP contribution is -2.09. The number of aliphatic carboxylic acids is 1. The van der Waals surface area contributed by atoms with Crippen LogP contribution < -0.4 is 10.6 Å². The maximum absolute atomic E-state index is 10.9. The molecule has 0 amide bonds. The summed E-state index contributed by atoms with van der Waals surface area (Å²) < 4.78 is 0. The number of aromatic nitrogens is 2. The van der Waals surface area contributed by atoms with E-state index in [0.29, 0.717) is 6.54 Å². The van der Waals surface area contributed by atoms with Crippen LogP contribution in [0.15, 0.2) is 67.0 Å². The molecule has 1 fully saturated rings. The maximum atomic E-state index is 10.9. The Kier molecular flexibility index (Phi) is 4.70. The Bertz CT molecular complexity index is 946. The lowest BCUT2D eigenvalue weighted by Gasteiger charge is -2.09. The third kappa shape index (κ3) is 4.23. The van der Waals surface area contributed by atoms with E-state index in [4.69, 9.17) is 5.11 Å². The molecule has 2 aromatic heterocycles. The quantitative estimate of drug-likeness (QED) is 0.590. The lowest BCUT2D eigenvalue weighted by atomic mass is 10.1. The van der Waals surface area contributed by atoms with Crippen LogP contribution in [-0.4, -0.2) is 27.6 Å². The van der Waals surface area contributed by atoms with E-state index in [1.54, 1.807) is 12.4 Å². The molecule has 0 radical (unpaired) electrons. The third-order valence-electron chi connectivity index (χ3n) is 4.68. The van der Waals surface area contributed by atoms with Gasteiger partial charge in [-0.15, -0.1) is 0 Å². The van der Waals surface area contributed by atoms with Crippen LogP contribution in [0.25, 0.3) is 11.1 Å². The van der Waals surface area contributed by atoms with Crippen molar-refractivity contribution in [1.82, 2.24) is 9.97 Å². The molecule has 2 unspecified atom stereocenters. The van der Waals surface area contributed by atoms with Gasteiger partial charge in [0.15, 0.2) is 0 Å². The van der Waals surface area contributed by atoms with E-state index in [9.17, 15) is 4.79 Å². The Morgan fingerprint density at radius 3 is 2.33 bits per heavy atom. The first-order chi connectivity index (χ1) is 13.2. The minimum absolute atomic E-state index is 0.190. The average molecular weight is 360 g/mol. The number of hydrogen-bond donors (Lipinski definition) is 3. The number of carboxylic acid groups (broad SMARTS) is 1. The van der Waals surface area contributed by atoms with Gasteiger partial charge in [0, 0.05) is 24.6 Å². The molecule has 27 heavy (non-hydrogen) atoms. The number of carbonyl (C=O) groups is 1. The number of rotatable bonds is 7. The Labute approximate surface area is 157 Å². The van der Waals surface area contributed by atoms with Gasteiger partial charge in [-0.2, -0.15) is 0 Å². The summed E-state index contributed by atoms with van der Waals surface area (Å²) in [5.74, 6) is 0.784. The van der Waals surface area contributed by atoms with Gasteiger partial charge in [0.25, 0.3) is 0 Å². The molecular weight excluding hydrogens is 340 g/mol. The summed E-state index contributed by atoms with van der Waals surface area (Å²) in [6.45, 7) is 0.630. The van der Waals surface area contributed by atoms with Crippen LogP contribution in [0.2, 0.25) is 0 Å². The minimum Gasteiger partial charge on any atom is -0.481 e. The molecule has 0 bridgehead atoms. The average Bonchev–Trinajstić information content (AvgIpc) is 3.48. The zero-order chi connectivity index (χ0) is 18.6. The summed E-state index contributed by atoms with van der Waals surface area (Å²) in [5, 5.41) is 15.5. The fraction of sp³-hybridized carbons (Fsp3) is 0.190. The highest BCUT2D eigenvalue weighted by atomic mass is 16.4. The van der Waals surface area contributed by atoms with Gasteiger partial charge in [0.2, 0.25) is 0 Å². The first-order valence-electron chi connectivity index (χ1n) is 8.90. The fourth-order valence-corrected chi connectivity index (χ4v) is 3.07. The van der Waals surface area contributed by atoms with Crippen molar-refractivity contribution < 1.29 is 9.90 Å². The van der Waals surface area contributed by atoms with Crippen LogP contribution in [-0.2, 0) is 4.79 Å². The predicted molar refractivity (Wildman–Crippen MR) is 105 cm³/mol. The molecule has 2 heterocycles. The summed E-state index contributed by atoms with van der Waals surface area (Å²) in [4.78, 5) is 19.6. The van der Waals surface area contributed by atoms with Crippen LogP contribution in [0.1, 0.15) is 6.42 Å². The first kappa shape index (κ1) is 17.0. The van der Waals surface area contributed by atoms with Gasteiger partial charge in [-0.1, -0.05) is 18.2 Å². The number of anilines is 3. The number of hydrogen-bond acceptors (Lipinski definition) is 5. The van der Waals surface area contributed by atoms with Crippen LogP contribution in [0.3, 0.4) is 0 Å². The van der Waals surface area contributed by atoms with Crippen LogP contribution in [0.5, 0.6) is 0 Å². The van der Waals surface area contributed by atoms with Gasteiger partial charge in [0.1, 0.15) is 11.6 Å². The Balaban J connectivity index is 1.45. The smallest absolute Gasteiger partial charge is 0.306 e. The topological polar surface area (TPSA) is 87.1 Å². The lowest BCUT2D eigenvalue weighted by molar-refractivity contribution is -0.138. The summed E-state index contributed by atoms with van der Waals surface area (Å²) >= 11 is 0. The highest BCUT2D eigenvalue weighted by molar-refractivity contribution is 5.74.